The van der Waals surface area contributed by atoms with Crippen LogP contribution < -0.4 is 10.6 Å². The monoisotopic (exact) mass is 358 g/mol. The van der Waals surface area contributed by atoms with Crippen LogP contribution in [0.1, 0.15) is 38.6 Å². The van der Waals surface area contributed by atoms with Crippen LogP contribution >= 0.6 is 0 Å². The lowest BCUT2D eigenvalue weighted by atomic mass is 9.74. The van der Waals surface area contributed by atoms with Crippen molar-refractivity contribution >= 4 is 28.2 Å². The van der Waals surface area contributed by atoms with Crippen LogP contribution in [-0.2, 0) is 4.79 Å². The molecule has 0 unspecified atom stereocenters. The third kappa shape index (κ3) is 2.70. The van der Waals surface area contributed by atoms with Crippen molar-refractivity contribution < 1.29 is 4.79 Å². The van der Waals surface area contributed by atoms with Gasteiger partial charge in [0, 0.05) is 17.7 Å². The van der Waals surface area contributed by atoms with Crippen LogP contribution in [0.5, 0.6) is 0 Å². The average molecular weight is 358 g/mol. The molecule has 2 aromatic carbocycles. The summed E-state index contributed by atoms with van der Waals surface area (Å²) >= 11 is 0. The maximum Gasteiger partial charge on any atom is 0.163 e. The molecule has 0 bridgehead atoms. The van der Waals surface area contributed by atoms with Crippen LogP contribution in [0.3, 0.4) is 0 Å². The molecule has 5 nitrogen and oxygen atoms in total. The van der Waals surface area contributed by atoms with E-state index in [-0.39, 0.29) is 17.2 Å². The van der Waals surface area contributed by atoms with E-state index in [1.807, 2.05) is 48.5 Å². The minimum Gasteiger partial charge on any atom is -0.370 e. The minimum atomic E-state index is -0.299. The van der Waals surface area contributed by atoms with Gasteiger partial charge in [-0.05, 0) is 36.1 Å². The number of Topliss-reactive ketones (excluding diaryl/α,β-unsaturated/α-hetero) is 1. The quantitative estimate of drug-likeness (QED) is 0.585. The summed E-state index contributed by atoms with van der Waals surface area (Å²) in [6, 6.07) is 15.7. The van der Waals surface area contributed by atoms with Crippen molar-refractivity contribution in [1.82, 2.24) is 9.97 Å². The van der Waals surface area contributed by atoms with Crippen LogP contribution in [0.4, 0.5) is 11.4 Å². The number of hydrogen-bond acceptors (Lipinski definition) is 4. The van der Waals surface area contributed by atoms with E-state index in [9.17, 15) is 4.79 Å². The number of aromatic nitrogens is 2. The Morgan fingerprint density at radius 1 is 1.00 bits per heavy atom. The summed E-state index contributed by atoms with van der Waals surface area (Å²) in [6.07, 6.45) is 1.38. The number of carbonyl (C=O) groups excluding carboxylic acids is 1. The number of fused-ring (bicyclic) bond motifs is 2. The van der Waals surface area contributed by atoms with Gasteiger partial charge in [-0.2, -0.15) is 0 Å². The largest absolute Gasteiger partial charge is 0.370 e. The van der Waals surface area contributed by atoms with E-state index in [1.54, 1.807) is 0 Å². The number of carbonyl (C=O) groups is 1. The number of anilines is 2. The lowest BCUT2D eigenvalue weighted by molar-refractivity contribution is -0.118. The first kappa shape index (κ1) is 16.1. The Balaban J connectivity index is 1.70. The first-order chi connectivity index (χ1) is 13.0. The summed E-state index contributed by atoms with van der Waals surface area (Å²) in [4.78, 5) is 21.4. The van der Waals surface area contributed by atoms with Crippen molar-refractivity contribution in [3.8, 4) is 0 Å². The molecule has 0 fully saturated rings. The molecular weight excluding hydrogens is 336 g/mol. The smallest absolute Gasteiger partial charge is 0.163 e. The number of imidazole rings is 1. The van der Waals surface area contributed by atoms with E-state index in [1.165, 1.54) is 0 Å². The van der Waals surface area contributed by atoms with Gasteiger partial charge < -0.3 is 15.6 Å². The van der Waals surface area contributed by atoms with Crippen LogP contribution in [0, 0.1) is 5.41 Å². The van der Waals surface area contributed by atoms with Gasteiger partial charge in [0.2, 0.25) is 0 Å². The molecule has 5 rings (SSSR count). The number of aromatic amines is 1. The zero-order valence-electron chi connectivity index (χ0n) is 15.5. The highest BCUT2D eigenvalue weighted by Crippen LogP contribution is 2.45. The van der Waals surface area contributed by atoms with Crippen LogP contribution in [0.2, 0.25) is 0 Å². The summed E-state index contributed by atoms with van der Waals surface area (Å²) in [7, 11) is 0. The molecule has 1 aromatic heterocycles. The number of nitrogens with zero attached hydrogens (tertiary/aromatic N) is 1. The highest BCUT2D eigenvalue weighted by atomic mass is 16.1. The zero-order chi connectivity index (χ0) is 18.6. The number of allylic oxidation sites excluding steroid dienone is 1. The van der Waals surface area contributed by atoms with Gasteiger partial charge in [-0.3, -0.25) is 4.79 Å². The molecule has 1 aliphatic carbocycles. The van der Waals surface area contributed by atoms with Crippen molar-refractivity contribution in [2.45, 2.75) is 32.7 Å². The lowest BCUT2D eigenvalue weighted by Gasteiger charge is -2.33. The Hall–Kier alpha value is -3.08. The van der Waals surface area contributed by atoms with E-state index in [2.05, 4.69) is 29.5 Å². The first-order valence-corrected chi connectivity index (χ1v) is 9.34. The van der Waals surface area contributed by atoms with Crippen molar-refractivity contribution in [2.75, 3.05) is 10.6 Å². The molecule has 1 atom stereocenters. The molecule has 0 saturated carbocycles. The molecule has 2 heterocycles. The van der Waals surface area contributed by atoms with Crippen molar-refractivity contribution in [1.29, 1.82) is 0 Å². The predicted octanol–water partition coefficient (Wildman–Crippen LogP) is 4.78. The first-order valence-electron chi connectivity index (χ1n) is 9.34. The van der Waals surface area contributed by atoms with E-state index in [4.69, 9.17) is 4.98 Å². The van der Waals surface area contributed by atoms with E-state index in [0.717, 1.165) is 45.9 Å². The second kappa shape index (κ2) is 5.71. The van der Waals surface area contributed by atoms with Gasteiger partial charge >= 0.3 is 0 Å². The Labute approximate surface area is 157 Å². The molecule has 0 spiro atoms. The molecule has 0 radical (unpaired) electrons. The SMILES string of the molecule is CC1(C)CC(=O)C2=C(C1)Nc1ccccc1N[C@@H]2c1nc2ccccc2[nH]1. The summed E-state index contributed by atoms with van der Waals surface area (Å²) in [5, 5.41) is 7.09. The van der Waals surface area contributed by atoms with Crippen LogP contribution in [-0.4, -0.2) is 15.8 Å². The second-order valence-corrected chi connectivity index (χ2v) is 8.22. The fraction of sp³-hybridized carbons (Fsp3) is 0.273. The highest BCUT2D eigenvalue weighted by molar-refractivity contribution is 6.01. The Kier molecular flexibility index (Phi) is 3.41. The lowest BCUT2D eigenvalue weighted by Crippen LogP contribution is -2.31. The number of H-pyrrole nitrogens is 1. The molecule has 2 aliphatic rings. The van der Waals surface area contributed by atoms with E-state index in [0.29, 0.717) is 6.42 Å². The summed E-state index contributed by atoms with van der Waals surface area (Å²) in [5.41, 5.74) is 5.59. The van der Waals surface area contributed by atoms with Crippen molar-refractivity contribution in [3.63, 3.8) is 0 Å². The molecule has 136 valence electrons. The van der Waals surface area contributed by atoms with E-state index < -0.39 is 0 Å². The number of ketones is 1. The van der Waals surface area contributed by atoms with E-state index >= 15 is 0 Å². The molecule has 3 aromatic rings. The van der Waals surface area contributed by atoms with Gasteiger partial charge in [-0.1, -0.05) is 38.1 Å². The molecular formula is C22H22N4O. The summed E-state index contributed by atoms with van der Waals surface area (Å²) < 4.78 is 0. The number of nitrogens with one attached hydrogen (secondary N) is 3. The van der Waals surface area contributed by atoms with Gasteiger partial charge in [-0.25, -0.2) is 4.98 Å². The minimum absolute atomic E-state index is 0.0549. The van der Waals surface area contributed by atoms with Crippen LogP contribution in [0.25, 0.3) is 11.0 Å². The molecule has 0 saturated heterocycles. The zero-order valence-corrected chi connectivity index (χ0v) is 15.5. The van der Waals surface area contributed by atoms with Crippen LogP contribution in [0.15, 0.2) is 59.8 Å². The second-order valence-electron chi connectivity index (χ2n) is 8.22. The summed E-state index contributed by atoms with van der Waals surface area (Å²) in [5.74, 6) is 0.953. The maximum absolute atomic E-state index is 13.2. The van der Waals surface area contributed by atoms with Crippen molar-refractivity contribution in [2.24, 2.45) is 5.41 Å². The number of benzene rings is 2. The van der Waals surface area contributed by atoms with Gasteiger partial charge in [0.15, 0.2) is 5.78 Å². The third-order valence-corrected chi connectivity index (χ3v) is 5.40. The van der Waals surface area contributed by atoms with Crippen molar-refractivity contribution in [3.05, 3.63) is 65.6 Å². The normalized spacial score (nSPS) is 21.1. The Morgan fingerprint density at radius 2 is 1.74 bits per heavy atom. The fourth-order valence-electron chi connectivity index (χ4n) is 4.20. The topological polar surface area (TPSA) is 69.8 Å². The Bertz CT molecular complexity index is 1060. The third-order valence-electron chi connectivity index (χ3n) is 5.40. The number of para-hydroxylation sites is 4. The standard InChI is InChI=1S/C22H22N4O/c1-22(2)11-17-19(18(27)12-22)20(24-14-8-4-3-7-13(14)23-17)21-25-15-9-5-6-10-16(15)26-21/h3-10,20,23-24H,11-12H2,1-2H3,(H,25,26)/t20-/m0/s1. The molecule has 1 aliphatic heterocycles. The van der Waals surface area contributed by atoms with Gasteiger partial charge in [0.1, 0.15) is 11.9 Å². The number of hydrogen-bond donors (Lipinski definition) is 3. The molecule has 3 N–H and O–H groups in total. The predicted molar refractivity (Wildman–Crippen MR) is 108 cm³/mol. The molecule has 5 heteroatoms. The number of rotatable bonds is 1. The average Bonchev–Trinajstić information content (AvgIpc) is 2.97. The molecule has 0 amide bonds. The van der Waals surface area contributed by atoms with Gasteiger partial charge in [0.05, 0.1) is 22.4 Å². The maximum atomic E-state index is 13.2. The fourth-order valence-corrected chi connectivity index (χ4v) is 4.20. The van der Waals surface area contributed by atoms with Gasteiger partial charge in [0.25, 0.3) is 0 Å². The van der Waals surface area contributed by atoms with Gasteiger partial charge in [-0.15, -0.1) is 0 Å². The molecule has 27 heavy (non-hydrogen) atoms. The Morgan fingerprint density at radius 3 is 2.56 bits per heavy atom. The summed E-state index contributed by atoms with van der Waals surface area (Å²) in [6.45, 7) is 4.30. The highest BCUT2D eigenvalue weighted by Gasteiger charge is 2.39.